The van der Waals surface area contributed by atoms with Crippen molar-refractivity contribution in [1.82, 2.24) is 9.78 Å². The molecule has 5 heteroatoms. The highest BCUT2D eigenvalue weighted by Crippen LogP contribution is 2.20. The molecule has 2 unspecified atom stereocenters. The van der Waals surface area contributed by atoms with Crippen LogP contribution in [-0.2, 0) is 6.54 Å². The summed E-state index contributed by atoms with van der Waals surface area (Å²) in [6, 6.07) is 1.97. The molecular formula is C16H28N4O. The molecule has 1 aromatic rings. The summed E-state index contributed by atoms with van der Waals surface area (Å²) in [4.78, 5) is 14.4. The first-order chi connectivity index (χ1) is 10.1. The lowest BCUT2D eigenvalue weighted by atomic mass is 10.00. The van der Waals surface area contributed by atoms with Gasteiger partial charge in [-0.15, -0.1) is 0 Å². The van der Waals surface area contributed by atoms with E-state index in [4.69, 9.17) is 5.73 Å². The van der Waals surface area contributed by atoms with Crippen molar-refractivity contribution in [3.63, 3.8) is 0 Å². The summed E-state index contributed by atoms with van der Waals surface area (Å²) >= 11 is 0. The van der Waals surface area contributed by atoms with Crippen LogP contribution in [0.1, 0.15) is 46.0 Å². The smallest absolute Gasteiger partial charge is 0.268 e. The molecule has 21 heavy (non-hydrogen) atoms. The van der Waals surface area contributed by atoms with E-state index in [0.29, 0.717) is 12.5 Å². The fourth-order valence-electron chi connectivity index (χ4n) is 2.92. The average Bonchev–Trinajstić information content (AvgIpc) is 2.44. The molecule has 2 heterocycles. The highest BCUT2D eigenvalue weighted by Gasteiger charge is 2.17. The molecule has 0 bridgehead atoms. The number of unbranched alkanes of at least 4 members (excludes halogenated alkanes) is 1. The van der Waals surface area contributed by atoms with E-state index >= 15 is 0 Å². The van der Waals surface area contributed by atoms with E-state index in [1.165, 1.54) is 12.8 Å². The van der Waals surface area contributed by atoms with Gasteiger partial charge in [0.1, 0.15) is 0 Å². The molecule has 2 rings (SSSR count). The molecule has 2 N–H and O–H groups in total. The van der Waals surface area contributed by atoms with Gasteiger partial charge in [-0.1, -0.05) is 13.3 Å². The SMILES string of the molecule is CC(N)CCCCn1ncc(N2CCCC(C)C2)cc1=O. The lowest BCUT2D eigenvalue weighted by Gasteiger charge is -2.32. The summed E-state index contributed by atoms with van der Waals surface area (Å²) < 4.78 is 1.57. The summed E-state index contributed by atoms with van der Waals surface area (Å²) in [6.07, 6.45) is 7.30. The van der Waals surface area contributed by atoms with E-state index in [9.17, 15) is 4.79 Å². The third-order valence-electron chi connectivity index (χ3n) is 4.16. The minimum absolute atomic E-state index is 0.00604. The molecule has 1 aromatic heterocycles. The second kappa shape index (κ2) is 7.59. The molecule has 118 valence electrons. The Hall–Kier alpha value is -1.36. The van der Waals surface area contributed by atoms with Gasteiger partial charge in [0.15, 0.2) is 0 Å². The summed E-state index contributed by atoms with van der Waals surface area (Å²) in [5.74, 6) is 0.694. The van der Waals surface area contributed by atoms with Crippen LogP contribution in [0, 0.1) is 5.92 Å². The summed E-state index contributed by atoms with van der Waals surface area (Å²) in [7, 11) is 0. The van der Waals surface area contributed by atoms with E-state index < -0.39 is 0 Å². The topological polar surface area (TPSA) is 64.2 Å². The molecule has 0 saturated carbocycles. The van der Waals surface area contributed by atoms with E-state index in [0.717, 1.165) is 38.0 Å². The molecule has 0 spiro atoms. The standard InChI is InChI=1S/C16H28N4O/c1-13-6-5-8-19(12-13)15-10-16(21)20(18-11-15)9-4-3-7-14(2)17/h10-11,13-14H,3-9,12,17H2,1-2H3. The number of rotatable bonds is 6. The van der Waals surface area contributed by atoms with Crippen LogP contribution in [0.3, 0.4) is 0 Å². The number of aromatic nitrogens is 2. The number of anilines is 1. The Balaban J connectivity index is 1.92. The second-order valence-corrected chi connectivity index (χ2v) is 6.44. The van der Waals surface area contributed by atoms with Crippen molar-refractivity contribution in [1.29, 1.82) is 0 Å². The Kier molecular flexibility index (Phi) is 5.79. The van der Waals surface area contributed by atoms with Crippen LogP contribution in [0.5, 0.6) is 0 Å². The van der Waals surface area contributed by atoms with Gasteiger partial charge in [0.25, 0.3) is 5.56 Å². The Morgan fingerprint density at radius 2 is 2.29 bits per heavy atom. The fourth-order valence-corrected chi connectivity index (χ4v) is 2.92. The van der Waals surface area contributed by atoms with Crippen molar-refractivity contribution in [2.45, 2.75) is 58.5 Å². The molecule has 0 amide bonds. The second-order valence-electron chi connectivity index (χ2n) is 6.44. The average molecular weight is 292 g/mol. The Morgan fingerprint density at radius 3 is 2.95 bits per heavy atom. The Labute approximate surface area is 127 Å². The number of hydrogen-bond acceptors (Lipinski definition) is 4. The van der Waals surface area contributed by atoms with Crippen molar-refractivity contribution in [3.05, 3.63) is 22.6 Å². The zero-order valence-electron chi connectivity index (χ0n) is 13.3. The highest BCUT2D eigenvalue weighted by atomic mass is 16.1. The first-order valence-electron chi connectivity index (χ1n) is 8.14. The van der Waals surface area contributed by atoms with Crippen molar-refractivity contribution in [2.24, 2.45) is 11.7 Å². The van der Waals surface area contributed by atoms with Crippen molar-refractivity contribution >= 4 is 5.69 Å². The summed E-state index contributed by atoms with van der Waals surface area (Å²) in [5, 5.41) is 4.33. The lowest BCUT2D eigenvalue weighted by molar-refractivity contribution is 0.444. The van der Waals surface area contributed by atoms with Crippen LogP contribution < -0.4 is 16.2 Å². The van der Waals surface area contributed by atoms with Crippen LogP contribution in [-0.4, -0.2) is 28.9 Å². The van der Waals surface area contributed by atoms with Gasteiger partial charge >= 0.3 is 0 Å². The molecule has 1 aliphatic rings. The van der Waals surface area contributed by atoms with Gasteiger partial charge in [0.2, 0.25) is 0 Å². The fraction of sp³-hybridized carbons (Fsp3) is 0.750. The predicted molar refractivity (Wildman–Crippen MR) is 86.6 cm³/mol. The summed E-state index contributed by atoms with van der Waals surface area (Å²) in [5.41, 5.74) is 6.70. The number of hydrogen-bond donors (Lipinski definition) is 1. The van der Waals surface area contributed by atoms with Gasteiger partial charge in [-0.05, 0) is 38.5 Å². The zero-order valence-corrected chi connectivity index (χ0v) is 13.3. The maximum Gasteiger partial charge on any atom is 0.268 e. The number of piperidine rings is 1. The van der Waals surface area contributed by atoms with Gasteiger partial charge in [-0.25, -0.2) is 4.68 Å². The quantitative estimate of drug-likeness (QED) is 0.815. The third-order valence-corrected chi connectivity index (χ3v) is 4.16. The zero-order chi connectivity index (χ0) is 15.2. The monoisotopic (exact) mass is 292 g/mol. The van der Waals surface area contributed by atoms with Crippen molar-refractivity contribution in [3.8, 4) is 0 Å². The minimum atomic E-state index is 0.00604. The number of nitrogens with zero attached hydrogens (tertiary/aromatic N) is 3. The summed E-state index contributed by atoms with van der Waals surface area (Å²) in [6.45, 7) is 7.02. The molecule has 1 fully saturated rings. The third kappa shape index (κ3) is 4.84. The maximum absolute atomic E-state index is 12.1. The Bertz CT molecular complexity index is 497. The van der Waals surface area contributed by atoms with Crippen molar-refractivity contribution < 1.29 is 0 Å². The lowest BCUT2D eigenvalue weighted by Crippen LogP contribution is -2.35. The van der Waals surface area contributed by atoms with E-state index in [-0.39, 0.29) is 11.6 Å². The Morgan fingerprint density at radius 1 is 1.48 bits per heavy atom. The molecule has 1 aliphatic heterocycles. The largest absolute Gasteiger partial charge is 0.370 e. The van der Waals surface area contributed by atoms with E-state index in [2.05, 4.69) is 16.9 Å². The molecule has 0 aliphatic carbocycles. The van der Waals surface area contributed by atoms with Crippen LogP contribution in [0.2, 0.25) is 0 Å². The first kappa shape index (κ1) is 16.0. The first-order valence-corrected chi connectivity index (χ1v) is 8.14. The molecule has 0 aromatic carbocycles. The molecule has 5 nitrogen and oxygen atoms in total. The molecule has 2 atom stereocenters. The minimum Gasteiger partial charge on any atom is -0.370 e. The van der Waals surface area contributed by atoms with Crippen LogP contribution >= 0.6 is 0 Å². The highest BCUT2D eigenvalue weighted by molar-refractivity contribution is 5.43. The molecular weight excluding hydrogens is 264 g/mol. The van der Waals surface area contributed by atoms with Crippen LogP contribution in [0.15, 0.2) is 17.1 Å². The van der Waals surface area contributed by atoms with Gasteiger partial charge < -0.3 is 10.6 Å². The number of aryl methyl sites for hydroxylation is 1. The molecule has 1 saturated heterocycles. The maximum atomic E-state index is 12.1. The van der Waals surface area contributed by atoms with Gasteiger partial charge in [-0.3, -0.25) is 4.79 Å². The van der Waals surface area contributed by atoms with Crippen molar-refractivity contribution in [2.75, 3.05) is 18.0 Å². The van der Waals surface area contributed by atoms with Gasteiger partial charge in [0, 0.05) is 31.7 Å². The van der Waals surface area contributed by atoms with E-state index in [1.54, 1.807) is 10.7 Å². The van der Waals surface area contributed by atoms with Crippen LogP contribution in [0.4, 0.5) is 5.69 Å². The predicted octanol–water partition coefficient (Wildman–Crippen LogP) is 2.00. The van der Waals surface area contributed by atoms with Gasteiger partial charge in [-0.2, -0.15) is 5.10 Å². The molecule has 0 radical (unpaired) electrons. The van der Waals surface area contributed by atoms with Gasteiger partial charge in [0.05, 0.1) is 11.9 Å². The van der Waals surface area contributed by atoms with Crippen LogP contribution in [0.25, 0.3) is 0 Å². The normalized spacial score (nSPS) is 20.5. The van der Waals surface area contributed by atoms with E-state index in [1.807, 2.05) is 13.1 Å². The number of nitrogens with two attached hydrogens (primary N) is 1.